The molecule has 0 spiro atoms. The van der Waals surface area contributed by atoms with Crippen molar-refractivity contribution in [1.29, 1.82) is 0 Å². The number of aryl methyl sites for hydroxylation is 1. The van der Waals surface area contributed by atoms with E-state index in [-0.39, 0.29) is 18.3 Å². The van der Waals surface area contributed by atoms with Crippen molar-refractivity contribution < 1.29 is 9.31 Å². The molecule has 3 rings (SSSR count). The first kappa shape index (κ1) is 18.9. The summed E-state index contributed by atoms with van der Waals surface area (Å²) in [5, 5.41) is 0. The van der Waals surface area contributed by atoms with Gasteiger partial charge in [-0.1, -0.05) is 25.1 Å². The van der Waals surface area contributed by atoms with Gasteiger partial charge in [0, 0.05) is 32.7 Å². The average molecular weight is 344 g/mol. The number of hydrogen-bond acceptors (Lipinski definition) is 4. The van der Waals surface area contributed by atoms with Crippen LogP contribution in [0.25, 0.3) is 0 Å². The Balaban J connectivity index is 1.66. The zero-order valence-electron chi connectivity index (χ0n) is 16.8. The zero-order chi connectivity index (χ0) is 18.2. The summed E-state index contributed by atoms with van der Waals surface area (Å²) in [6.07, 6.45) is 0. The molecule has 0 radical (unpaired) electrons. The lowest BCUT2D eigenvalue weighted by Gasteiger charge is -2.34. The fourth-order valence-corrected chi connectivity index (χ4v) is 3.53. The van der Waals surface area contributed by atoms with Crippen molar-refractivity contribution in [3.05, 3.63) is 29.3 Å². The highest BCUT2D eigenvalue weighted by atomic mass is 16.7. The molecule has 1 aromatic rings. The van der Waals surface area contributed by atoms with E-state index >= 15 is 0 Å². The number of benzene rings is 1. The minimum absolute atomic E-state index is 0.272. The van der Waals surface area contributed by atoms with Crippen LogP contribution in [0, 0.1) is 6.92 Å². The highest BCUT2D eigenvalue weighted by Gasteiger charge is 2.51. The molecule has 0 aliphatic carbocycles. The van der Waals surface area contributed by atoms with Gasteiger partial charge < -0.3 is 14.2 Å². The van der Waals surface area contributed by atoms with Crippen molar-refractivity contribution in [3.63, 3.8) is 0 Å². The van der Waals surface area contributed by atoms with E-state index in [1.54, 1.807) is 0 Å². The number of nitrogens with zero attached hydrogens (tertiary/aromatic N) is 2. The van der Waals surface area contributed by atoms with Gasteiger partial charge in [0.2, 0.25) is 0 Å². The summed E-state index contributed by atoms with van der Waals surface area (Å²) >= 11 is 0. The first-order valence-electron chi connectivity index (χ1n) is 9.61. The van der Waals surface area contributed by atoms with Crippen LogP contribution in [0.15, 0.2) is 18.2 Å². The van der Waals surface area contributed by atoms with Gasteiger partial charge in [-0.2, -0.15) is 0 Å². The Morgan fingerprint density at radius 3 is 2.04 bits per heavy atom. The van der Waals surface area contributed by atoms with Crippen molar-refractivity contribution in [2.75, 3.05) is 32.7 Å². The van der Waals surface area contributed by atoms with E-state index in [1.165, 1.54) is 24.2 Å². The van der Waals surface area contributed by atoms with Crippen LogP contribution in [-0.2, 0) is 15.9 Å². The Bertz CT molecular complexity index is 594. The number of likely N-dealkylation sites (N-methyl/N-ethyl adjacent to an activating group) is 1. The largest absolute Gasteiger partial charge is 0.494 e. The maximum Gasteiger partial charge on any atom is 0.494 e. The van der Waals surface area contributed by atoms with E-state index in [2.05, 4.69) is 69.5 Å². The van der Waals surface area contributed by atoms with Gasteiger partial charge >= 0.3 is 7.12 Å². The van der Waals surface area contributed by atoms with Gasteiger partial charge in [-0.15, -0.1) is 0 Å². The minimum Gasteiger partial charge on any atom is -0.399 e. The summed E-state index contributed by atoms with van der Waals surface area (Å²) in [4.78, 5) is 5.08. The molecule has 0 bridgehead atoms. The maximum atomic E-state index is 6.18. The minimum atomic E-state index is -0.288. The van der Waals surface area contributed by atoms with Crippen LogP contribution in [0.5, 0.6) is 0 Å². The number of rotatable bonds is 4. The van der Waals surface area contributed by atoms with Crippen LogP contribution >= 0.6 is 0 Å². The second-order valence-corrected chi connectivity index (χ2v) is 8.48. The van der Waals surface area contributed by atoms with Crippen molar-refractivity contribution >= 4 is 12.6 Å². The van der Waals surface area contributed by atoms with Gasteiger partial charge in [0.05, 0.1) is 11.2 Å². The molecule has 2 fully saturated rings. The molecule has 1 aromatic carbocycles. The van der Waals surface area contributed by atoms with E-state index < -0.39 is 0 Å². The van der Waals surface area contributed by atoms with Gasteiger partial charge in [-0.3, -0.25) is 4.90 Å². The summed E-state index contributed by atoms with van der Waals surface area (Å²) in [6.45, 7) is 19.7. The van der Waals surface area contributed by atoms with Crippen LogP contribution in [0.2, 0.25) is 0 Å². The quantitative estimate of drug-likeness (QED) is 0.784. The second kappa shape index (κ2) is 7.03. The van der Waals surface area contributed by atoms with E-state index in [0.29, 0.717) is 0 Å². The fourth-order valence-electron chi connectivity index (χ4n) is 3.53. The highest BCUT2D eigenvalue weighted by Crippen LogP contribution is 2.36. The Hall–Kier alpha value is -0.875. The van der Waals surface area contributed by atoms with Crippen LogP contribution in [0.3, 0.4) is 0 Å². The third-order valence-electron chi connectivity index (χ3n) is 6.20. The monoisotopic (exact) mass is 344 g/mol. The van der Waals surface area contributed by atoms with Crippen LogP contribution in [0.1, 0.15) is 45.7 Å². The van der Waals surface area contributed by atoms with Crippen molar-refractivity contribution in [2.24, 2.45) is 0 Å². The molecule has 138 valence electrons. The van der Waals surface area contributed by atoms with Gasteiger partial charge in [0.1, 0.15) is 0 Å². The van der Waals surface area contributed by atoms with Gasteiger partial charge in [0.25, 0.3) is 0 Å². The summed E-state index contributed by atoms with van der Waals surface area (Å²) < 4.78 is 12.4. The molecule has 5 heteroatoms. The van der Waals surface area contributed by atoms with Gasteiger partial charge in [-0.05, 0) is 57.8 Å². The number of hydrogen-bond donors (Lipinski definition) is 0. The third-order valence-corrected chi connectivity index (χ3v) is 6.20. The molecule has 2 aliphatic rings. The van der Waals surface area contributed by atoms with E-state index in [0.717, 1.165) is 31.6 Å². The smallest absolute Gasteiger partial charge is 0.399 e. The lowest BCUT2D eigenvalue weighted by molar-refractivity contribution is 0.00578. The first-order valence-corrected chi connectivity index (χ1v) is 9.61. The summed E-state index contributed by atoms with van der Waals surface area (Å²) in [7, 11) is -0.272. The van der Waals surface area contributed by atoms with E-state index in [1.807, 2.05) is 0 Å². The zero-order valence-corrected chi connectivity index (χ0v) is 16.8. The molecule has 2 saturated heterocycles. The Labute approximate surface area is 153 Å². The predicted octanol–water partition coefficient (Wildman–Crippen LogP) is 2.43. The van der Waals surface area contributed by atoms with Crippen LogP contribution < -0.4 is 5.46 Å². The van der Waals surface area contributed by atoms with Crippen LogP contribution in [0.4, 0.5) is 0 Å². The summed E-state index contributed by atoms with van der Waals surface area (Å²) in [5.74, 6) is 0. The topological polar surface area (TPSA) is 24.9 Å². The van der Waals surface area contributed by atoms with Crippen molar-refractivity contribution in [2.45, 2.75) is 59.3 Å². The molecule has 0 atom stereocenters. The molecule has 0 aromatic heterocycles. The van der Waals surface area contributed by atoms with Gasteiger partial charge in [-0.25, -0.2) is 0 Å². The lowest BCUT2D eigenvalue weighted by atomic mass is 9.78. The second-order valence-electron chi connectivity index (χ2n) is 8.48. The molecule has 2 heterocycles. The highest BCUT2D eigenvalue weighted by molar-refractivity contribution is 6.62. The Morgan fingerprint density at radius 1 is 0.960 bits per heavy atom. The SMILES string of the molecule is CCN1CCN(Cc2ccc(B3OC(C)(C)C(C)(C)O3)cc2C)CC1. The Kier molecular flexibility index (Phi) is 5.32. The molecule has 25 heavy (non-hydrogen) atoms. The first-order chi connectivity index (χ1) is 11.7. The molecule has 2 aliphatic heterocycles. The lowest BCUT2D eigenvalue weighted by Crippen LogP contribution is -2.45. The fraction of sp³-hybridized carbons (Fsp3) is 0.700. The van der Waals surface area contributed by atoms with E-state index in [9.17, 15) is 0 Å². The van der Waals surface area contributed by atoms with Crippen molar-refractivity contribution in [1.82, 2.24) is 9.80 Å². The van der Waals surface area contributed by atoms with E-state index in [4.69, 9.17) is 9.31 Å². The normalized spacial score (nSPS) is 24.0. The van der Waals surface area contributed by atoms with Crippen molar-refractivity contribution in [3.8, 4) is 0 Å². The standard InChI is InChI=1S/C20H33BN2O2/c1-7-22-10-12-23(13-11-22)15-17-8-9-18(14-16(17)2)21-24-19(3,4)20(5,6)25-21/h8-9,14H,7,10-13,15H2,1-6H3. The molecular weight excluding hydrogens is 311 g/mol. The Morgan fingerprint density at radius 2 is 1.52 bits per heavy atom. The van der Waals surface area contributed by atoms with Crippen LogP contribution in [-0.4, -0.2) is 60.8 Å². The molecule has 4 nitrogen and oxygen atoms in total. The van der Waals surface area contributed by atoms with Gasteiger partial charge in [0.15, 0.2) is 0 Å². The summed E-state index contributed by atoms with van der Waals surface area (Å²) in [5.41, 5.74) is 3.28. The summed E-state index contributed by atoms with van der Waals surface area (Å²) in [6, 6.07) is 6.66. The molecule has 0 amide bonds. The molecular formula is C20H33BN2O2. The number of piperazine rings is 1. The average Bonchev–Trinajstić information content (AvgIpc) is 2.78. The molecule has 0 saturated carbocycles. The third kappa shape index (κ3) is 3.95. The predicted molar refractivity (Wildman–Crippen MR) is 104 cm³/mol. The molecule has 0 unspecified atom stereocenters. The molecule has 0 N–H and O–H groups in total. The maximum absolute atomic E-state index is 6.18.